The van der Waals surface area contributed by atoms with Crippen LogP contribution in [0.3, 0.4) is 0 Å². The number of imidazole rings is 1. The monoisotopic (exact) mass is 299 g/mol. The van der Waals surface area contributed by atoms with E-state index >= 15 is 0 Å². The molecule has 4 nitrogen and oxygen atoms in total. The third kappa shape index (κ3) is 2.89. The Hall–Kier alpha value is -1.98. The SMILES string of the molecule is CNCc1c(Sc2ccc(OC)cc2)nc2ccccn12. The number of methoxy groups -OCH3 is 1. The van der Waals surface area contributed by atoms with Gasteiger partial charge in [0, 0.05) is 17.6 Å². The number of hydrogen-bond donors (Lipinski definition) is 1. The summed E-state index contributed by atoms with van der Waals surface area (Å²) in [5.74, 6) is 0.866. The zero-order chi connectivity index (χ0) is 14.7. The van der Waals surface area contributed by atoms with Gasteiger partial charge in [-0.3, -0.25) is 0 Å². The molecule has 0 unspecified atom stereocenters. The number of fused-ring (bicyclic) bond motifs is 1. The van der Waals surface area contributed by atoms with Gasteiger partial charge in [0.05, 0.1) is 12.8 Å². The van der Waals surface area contributed by atoms with Crippen molar-refractivity contribution < 1.29 is 4.74 Å². The minimum atomic E-state index is 0.781. The van der Waals surface area contributed by atoms with Crippen molar-refractivity contribution in [2.24, 2.45) is 0 Å². The van der Waals surface area contributed by atoms with Gasteiger partial charge in [-0.15, -0.1) is 0 Å². The van der Waals surface area contributed by atoms with E-state index in [-0.39, 0.29) is 0 Å². The predicted molar refractivity (Wildman–Crippen MR) is 85.1 cm³/mol. The van der Waals surface area contributed by atoms with Crippen molar-refractivity contribution in [3.8, 4) is 5.75 Å². The first-order valence-corrected chi connectivity index (χ1v) is 7.56. The molecule has 0 saturated heterocycles. The lowest BCUT2D eigenvalue weighted by Crippen LogP contribution is -2.08. The molecule has 3 aromatic rings. The highest BCUT2D eigenvalue weighted by Gasteiger charge is 2.12. The lowest BCUT2D eigenvalue weighted by atomic mass is 10.3. The van der Waals surface area contributed by atoms with Crippen LogP contribution in [-0.2, 0) is 6.54 Å². The summed E-state index contributed by atoms with van der Waals surface area (Å²) in [7, 11) is 3.62. The highest BCUT2D eigenvalue weighted by Crippen LogP contribution is 2.31. The van der Waals surface area contributed by atoms with Crippen LogP contribution in [0.1, 0.15) is 5.69 Å². The van der Waals surface area contributed by atoms with E-state index < -0.39 is 0 Å². The van der Waals surface area contributed by atoms with E-state index in [1.807, 2.05) is 43.6 Å². The molecule has 0 atom stereocenters. The quantitative estimate of drug-likeness (QED) is 0.785. The first kappa shape index (κ1) is 14.0. The lowest BCUT2D eigenvalue weighted by Gasteiger charge is -2.05. The molecule has 0 radical (unpaired) electrons. The number of nitrogens with zero attached hydrogens (tertiary/aromatic N) is 2. The van der Waals surface area contributed by atoms with Crippen molar-refractivity contribution in [2.45, 2.75) is 16.5 Å². The summed E-state index contributed by atoms with van der Waals surface area (Å²) in [4.78, 5) is 5.87. The van der Waals surface area contributed by atoms with Gasteiger partial charge in [0.2, 0.25) is 0 Å². The Bertz CT molecular complexity index is 737. The second kappa shape index (κ2) is 6.20. The number of aromatic nitrogens is 2. The van der Waals surface area contributed by atoms with E-state index in [1.165, 1.54) is 5.69 Å². The van der Waals surface area contributed by atoms with Crippen LogP contribution in [0.2, 0.25) is 0 Å². The van der Waals surface area contributed by atoms with Crippen LogP contribution < -0.4 is 10.1 Å². The van der Waals surface area contributed by atoms with Gasteiger partial charge in [-0.2, -0.15) is 0 Å². The van der Waals surface area contributed by atoms with Gasteiger partial charge in [-0.05, 0) is 43.4 Å². The van der Waals surface area contributed by atoms with E-state index in [9.17, 15) is 0 Å². The molecular formula is C16H17N3OS. The third-order valence-corrected chi connectivity index (χ3v) is 4.24. The molecule has 2 aromatic heterocycles. The van der Waals surface area contributed by atoms with Crippen LogP contribution in [0.25, 0.3) is 5.65 Å². The average Bonchev–Trinajstić information content (AvgIpc) is 2.86. The molecule has 108 valence electrons. The summed E-state index contributed by atoms with van der Waals surface area (Å²) in [5, 5.41) is 4.24. The standard InChI is InChI=1S/C16H17N3OS/c1-17-11-14-16(18-15-5-3-4-10-19(14)15)21-13-8-6-12(20-2)7-9-13/h3-10,17H,11H2,1-2H3. The summed E-state index contributed by atoms with van der Waals surface area (Å²) < 4.78 is 7.32. The average molecular weight is 299 g/mol. The number of ether oxygens (including phenoxy) is 1. The molecule has 0 fully saturated rings. The maximum atomic E-state index is 5.19. The molecule has 1 N–H and O–H groups in total. The van der Waals surface area contributed by atoms with Crippen LogP contribution in [0.4, 0.5) is 0 Å². The molecule has 2 heterocycles. The molecule has 0 saturated carbocycles. The van der Waals surface area contributed by atoms with E-state index in [1.54, 1.807) is 18.9 Å². The summed E-state index contributed by atoms with van der Waals surface area (Å²) in [6.07, 6.45) is 2.05. The van der Waals surface area contributed by atoms with E-state index in [0.717, 1.165) is 27.9 Å². The second-order valence-electron chi connectivity index (χ2n) is 4.60. The van der Waals surface area contributed by atoms with Crippen molar-refractivity contribution in [3.63, 3.8) is 0 Å². The number of pyridine rings is 1. The fraction of sp³-hybridized carbons (Fsp3) is 0.188. The lowest BCUT2D eigenvalue weighted by molar-refractivity contribution is 0.414. The summed E-state index contributed by atoms with van der Waals surface area (Å²) in [6.45, 7) is 0.781. The summed E-state index contributed by atoms with van der Waals surface area (Å²) in [6, 6.07) is 14.1. The molecular weight excluding hydrogens is 282 g/mol. The molecule has 0 amide bonds. The van der Waals surface area contributed by atoms with Gasteiger partial charge in [0.25, 0.3) is 0 Å². The molecule has 21 heavy (non-hydrogen) atoms. The number of nitrogens with one attached hydrogen (secondary N) is 1. The van der Waals surface area contributed by atoms with E-state index in [4.69, 9.17) is 9.72 Å². The van der Waals surface area contributed by atoms with Gasteiger partial charge in [-0.1, -0.05) is 17.8 Å². The van der Waals surface area contributed by atoms with E-state index in [0.29, 0.717) is 0 Å². The number of benzene rings is 1. The minimum absolute atomic E-state index is 0.781. The Morgan fingerprint density at radius 3 is 2.71 bits per heavy atom. The Morgan fingerprint density at radius 2 is 2.00 bits per heavy atom. The molecule has 0 spiro atoms. The fourth-order valence-electron chi connectivity index (χ4n) is 2.19. The zero-order valence-corrected chi connectivity index (χ0v) is 12.9. The first-order chi connectivity index (χ1) is 10.3. The summed E-state index contributed by atoms with van der Waals surface area (Å²) in [5.41, 5.74) is 2.15. The van der Waals surface area contributed by atoms with Crippen molar-refractivity contribution in [1.29, 1.82) is 0 Å². The smallest absolute Gasteiger partial charge is 0.138 e. The van der Waals surface area contributed by atoms with E-state index in [2.05, 4.69) is 21.9 Å². The molecule has 1 aromatic carbocycles. The molecule has 0 aliphatic heterocycles. The molecule has 5 heteroatoms. The molecule has 3 rings (SSSR count). The maximum Gasteiger partial charge on any atom is 0.138 e. The van der Waals surface area contributed by atoms with Crippen molar-refractivity contribution in [3.05, 3.63) is 54.4 Å². The van der Waals surface area contributed by atoms with Gasteiger partial charge in [0.15, 0.2) is 0 Å². The fourth-order valence-corrected chi connectivity index (χ4v) is 3.11. The largest absolute Gasteiger partial charge is 0.497 e. The minimum Gasteiger partial charge on any atom is -0.497 e. The Labute approximate surface area is 128 Å². The van der Waals surface area contributed by atoms with Gasteiger partial charge < -0.3 is 14.5 Å². The molecule has 0 aliphatic carbocycles. The van der Waals surface area contributed by atoms with Gasteiger partial charge >= 0.3 is 0 Å². The normalized spacial score (nSPS) is 11.0. The number of hydrogen-bond acceptors (Lipinski definition) is 4. The molecule has 0 bridgehead atoms. The Morgan fingerprint density at radius 1 is 1.19 bits per heavy atom. The zero-order valence-electron chi connectivity index (χ0n) is 12.0. The van der Waals surface area contributed by atoms with Crippen LogP contribution in [0, 0.1) is 0 Å². The van der Waals surface area contributed by atoms with Crippen LogP contribution in [-0.4, -0.2) is 23.5 Å². The summed E-state index contributed by atoms with van der Waals surface area (Å²) >= 11 is 1.67. The highest BCUT2D eigenvalue weighted by atomic mass is 32.2. The van der Waals surface area contributed by atoms with Gasteiger partial charge in [0.1, 0.15) is 16.4 Å². The van der Waals surface area contributed by atoms with Crippen molar-refractivity contribution >= 4 is 17.4 Å². The van der Waals surface area contributed by atoms with Crippen LogP contribution in [0.5, 0.6) is 5.75 Å². The van der Waals surface area contributed by atoms with Crippen LogP contribution >= 0.6 is 11.8 Å². The van der Waals surface area contributed by atoms with Crippen molar-refractivity contribution in [1.82, 2.24) is 14.7 Å². The Kier molecular flexibility index (Phi) is 4.13. The molecule has 0 aliphatic rings. The van der Waals surface area contributed by atoms with Crippen molar-refractivity contribution in [2.75, 3.05) is 14.2 Å². The van der Waals surface area contributed by atoms with Gasteiger partial charge in [-0.25, -0.2) is 4.98 Å². The predicted octanol–water partition coefficient (Wildman–Crippen LogP) is 3.21. The van der Waals surface area contributed by atoms with Crippen LogP contribution in [0.15, 0.2) is 58.6 Å². The first-order valence-electron chi connectivity index (χ1n) is 6.74. The second-order valence-corrected chi connectivity index (χ2v) is 5.66. The number of rotatable bonds is 5. The highest BCUT2D eigenvalue weighted by molar-refractivity contribution is 7.99. The topological polar surface area (TPSA) is 38.6 Å². The third-order valence-electron chi connectivity index (χ3n) is 3.21. The Balaban J connectivity index is 1.96. The maximum absolute atomic E-state index is 5.19.